The van der Waals surface area contributed by atoms with Gasteiger partial charge in [-0.2, -0.15) is 0 Å². The van der Waals surface area contributed by atoms with E-state index in [0.717, 1.165) is 43.5 Å². The SMILES string of the molecule is OB(O)c1cccc2c3ccccc3c3oc4ccccc4c3c12. The first kappa shape index (κ1) is 13.6. The summed E-state index contributed by atoms with van der Waals surface area (Å²) in [5.41, 5.74) is 2.08. The van der Waals surface area contributed by atoms with Gasteiger partial charge in [0.2, 0.25) is 0 Å². The van der Waals surface area contributed by atoms with Crippen molar-refractivity contribution in [2.45, 2.75) is 0 Å². The van der Waals surface area contributed by atoms with Crippen LogP contribution >= 0.6 is 0 Å². The number of fused-ring (bicyclic) bond motifs is 8. The van der Waals surface area contributed by atoms with Crippen LogP contribution in [0.25, 0.3) is 43.5 Å². The van der Waals surface area contributed by atoms with Crippen molar-refractivity contribution in [3.63, 3.8) is 0 Å². The van der Waals surface area contributed by atoms with E-state index >= 15 is 0 Å². The number of benzene rings is 4. The van der Waals surface area contributed by atoms with Crippen LogP contribution < -0.4 is 5.46 Å². The molecule has 0 aliphatic rings. The van der Waals surface area contributed by atoms with Gasteiger partial charge in [0, 0.05) is 16.2 Å². The summed E-state index contributed by atoms with van der Waals surface area (Å²) in [4.78, 5) is 0. The second-order valence-corrected chi connectivity index (χ2v) is 5.99. The van der Waals surface area contributed by atoms with E-state index in [1.807, 2.05) is 60.7 Å². The van der Waals surface area contributed by atoms with Crippen LogP contribution in [0.4, 0.5) is 0 Å². The Morgan fingerprint density at radius 2 is 1.29 bits per heavy atom. The molecule has 5 rings (SSSR count). The summed E-state index contributed by atoms with van der Waals surface area (Å²) in [5.74, 6) is 0. The molecule has 0 bridgehead atoms. The van der Waals surface area contributed by atoms with Crippen molar-refractivity contribution in [3.8, 4) is 0 Å². The highest BCUT2D eigenvalue weighted by atomic mass is 16.4. The molecule has 0 unspecified atom stereocenters. The zero-order valence-electron chi connectivity index (χ0n) is 12.7. The Bertz CT molecular complexity index is 1240. The van der Waals surface area contributed by atoms with Crippen molar-refractivity contribution in [1.29, 1.82) is 0 Å². The van der Waals surface area contributed by atoms with Gasteiger partial charge in [0.15, 0.2) is 0 Å². The second-order valence-electron chi connectivity index (χ2n) is 5.99. The minimum absolute atomic E-state index is 0.495. The van der Waals surface area contributed by atoms with Gasteiger partial charge in [-0.25, -0.2) is 0 Å². The Morgan fingerprint density at radius 3 is 2.08 bits per heavy atom. The maximum atomic E-state index is 9.89. The quantitative estimate of drug-likeness (QED) is 0.367. The lowest BCUT2D eigenvalue weighted by atomic mass is 9.75. The molecule has 0 fully saturated rings. The highest BCUT2D eigenvalue weighted by molar-refractivity contribution is 6.63. The van der Waals surface area contributed by atoms with Crippen LogP contribution in [0.15, 0.2) is 71.1 Å². The van der Waals surface area contributed by atoms with Gasteiger partial charge in [0.05, 0.1) is 0 Å². The Hall–Kier alpha value is -2.82. The largest absolute Gasteiger partial charge is 0.489 e. The van der Waals surface area contributed by atoms with Crippen LogP contribution in [-0.4, -0.2) is 17.2 Å². The molecule has 0 spiro atoms. The van der Waals surface area contributed by atoms with Crippen LogP contribution in [0.1, 0.15) is 0 Å². The van der Waals surface area contributed by atoms with Crippen LogP contribution in [0.2, 0.25) is 0 Å². The predicted octanol–water partition coefficient (Wildman–Crippen LogP) is 3.57. The molecule has 1 heterocycles. The van der Waals surface area contributed by atoms with Crippen molar-refractivity contribution in [2.75, 3.05) is 0 Å². The van der Waals surface area contributed by atoms with E-state index in [0.29, 0.717) is 5.46 Å². The van der Waals surface area contributed by atoms with Gasteiger partial charge in [-0.15, -0.1) is 0 Å². The molecule has 0 aliphatic carbocycles. The van der Waals surface area contributed by atoms with E-state index in [2.05, 4.69) is 0 Å². The maximum Gasteiger partial charge on any atom is 0.489 e. The molecule has 0 saturated heterocycles. The molecule has 0 atom stereocenters. The molecule has 24 heavy (non-hydrogen) atoms. The number of rotatable bonds is 1. The monoisotopic (exact) mass is 312 g/mol. The van der Waals surface area contributed by atoms with E-state index in [9.17, 15) is 10.0 Å². The Kier molecular flexibility index (Phi) is 2.74. The summed E-state index contributed by atoms with van der Waals surface area (Å²) in [6, 6.07) is 21.5. The molecule has 0 saturated carbocycles. The molecule has 3 nitrogen and oxygen atoms in total. The average Bonchev–Trinajstić information content (AvgIpc) is 3.01. The number of para-hydroxylation sites is 1. The minimum atomic E-state index is -1.54. The van der Waals surface area contributed by atoms with Gasteiger partial charge in [-0.1, -0.05) is 60.7 Å². The summed E-state index contributed by atoms with van der Waals surface area (Å²) in [7, 11) is -1.54. The molecular formula is C20H13BO3. The first-order chi connectivity index (χ1) is 11.8. The van der Waals surface area contributed by atoms with E-state index in [1.165, 1.54) is 0 Å². The summed E-state index contributed by atoms with van der Waals surface area (Å²) in [5, 5.41) is 25.6. The normalized spacial score (nSPS) is 11.8. The topological polar surface area (TPSA) is 53.6 Å². The molecule has 1 aromatic heterocycles. The third-order valence-corrected chi connectivity index (χ3v) is 4.68. The first-order valence-corrected chi connectivity index (χ1v) is 7.86. The van der Waals surface area contributed by atoms with Gasteiger partial charge in [0.1, 0.15) is 11.2 Å². The standard InChI is InChI=1S/C20H13BO3/c22-21(23)16-10-5-9-13-12-6-1-2-7-14(12)20-19(18(13)16)15-8-3-4-11-17(15)24-20/h1-11,22-23H. The van der Waals surface area contributed by atoms with Gasteiger partial charge < -0.3 is 14.5 Å². The fraction of sp³-hybridized carbons (Fsp3) is 0. The number of furan rings is 1. The fourth-order valence-corrected chi connectivity index (χ4v) is 3.69. The lowest BCUT2D eigenvalue weighted by molar-refractivity contribution is 0.426. The van der Waals surface area contributed by atoms with Gasteiger partial charge in [-0.05, 0) is 27.7 Å². The highest BCUT2D eigenvalue weighted by Crippen LogP contribution is 2.39. The van der Waals surface area contributed by atoms with Crippen molar-refractivity contribution in [3.05, 3.63) is 66.7 Å². The van der Waals surface area contributed by atoms with E-state index in [1.54, 1.807) is 6.07 Å². The van der Waals surface area contributed by atoms with E-state index in [4.69, 9.17) is 4.42 Å². The highest BCUT2D eigenvalue weighted by Gasteiger charge is 2.21. The minimum Gasteiger partial charge on any atom is -0.455 e. The van der Waals surface area contributed by atoms with Gasteiger partial charge in [0.25, 0.3) is 0 Å². The molecule has 0 amide bonds. The van der Waals surface area contributed by atoms with Gasteiger partial charge >= 0.3 is 7.12 Å². The third-order valence-electron chi connectivity index (χ3n) is 4.68. The summed E-state index contributed by atoms with van der Waals surface area (Å²) in [6.45, 7) is 0. The Balaban J connectivity index is 2.22. The maximum absolute atomic E-state index is 9.89. The molecule has 4 aromatic carbocycles. The fourth-order valence-electron chi connectivity index (χ4n) is 3.69. The lowest BCUT2D eigenvalue weighted by Crippen LogP contribution is -2.30. The van der Waals surface area contributed by atoms with E-state index < -0.39 is 7.12 Å². The summed E-state index contributed by atoms with van der Waals surface area (Å²) < 4.78 is 6.15. The third kappa shape index (κ3) is 1.69. The average molecular weight is 312 g/mol. The van der Waals surface area contributed by atoms with Crippen LogP contribution in [0.3, 0.4) is 0 Å². The Labute approximate surface area is 137 Å². The zero-order valence-corrected chi connectivity index (χ0v) is 12.7. The van der Waals surface area contributed by atoms with Crippen molar-refractivity contribution in [2.24, 2.45) is 0 Å². The van der Waals surface area contributed by atoms with E-state index in [-0.39, 0.29) is 0 Å². The van der Waals surface area contributed by atoms with Crippen molar-refractivity contribution >= 4 is 56.1 Å². The van der Waals surface area contributed by atoms with Crippen LogP contribution in [0.5, 0.6) is 0 Å². The summed E-state index contributed by atoms with van der Waals surface area (Å²) >= 11 is 0. The van der Waals surface area contributed by atoms with Crippen molar-refractivity contribution < 1.29 is 14.5 Å². The molecule has 5 aromatic rings. The van der Waals surface area contributed by atoms with Crippen LogP contribution in [-0.2, 0) is 0 Å². The zero-order chi connectivity index (χ0) is 16.3. The van der Waals surface area contributed by atoms with Gasteiger partial charge in [-0.3, -0.25) is 0 Å². The first-order valence-electron chi connectivity index (χ1n) is 7.86. The molecule has 0 radical (unpaired) electrons. The lowest BCUT2D eigenvalue weighted by Gasteiger charge is -2.10. The van der Waals surface area contributed by atoms with Crippen molar-refractivity contribution in [1.82, 2.24) is 0 Å². The number of hydrogen-bond acceptors (Lipinski definition) is 3. The molecular weight excluding hydrogens is 299 g/mol. The molecule has 2 N–H and O–H groups in total. The van der Waals surface area contributed by atoms with Crippen LogP contribution in [0, 0.1) is 0 Å². The predicted molar refractivity (Wildman–Crippen MR) is 98.6 cm³/mol. The molecule has 0 aliphatic heterocycles. The molecule has 4 heteroatoms. The molecule has 114 valence electrons. The second kappa shape index (κ2) is 4.84. The Morgan fingerprint density at radius 1 is 0.625 bits per heavy atom. The smallest absolute Gasteiger partial charge is 0.455 e. The number of hydrogen-bond donors (Lipinski definition) is 2. The summed E-state index contributed by atoms with van der Waals surface area (Å²) in [6.07, 6.45) is 0.